The number of hydroxylamine groups is 2. The zero-order valence-electron chi connectivity index (χ0n) is 13.3. The molecule has 1 aliphatic rings. The summed E-state index contributed by atoms with van der Waals surface area (Å²) in [7, 11) is 0. The average molecular weight is 277 g/mol. The summed E-state index contributed by atoms with van der Waals surface area (Å²) in [5.74, 6) is 0. The van der Waals surface area contributed by atoms with E-state index >= 15 is 0 Å². The highest BCUT2D eigenvalue weighted by Gasteiger charge is 2.46. The standard InChI is InChI=1S/C17H27NO2/c1-13-6-8-14(9-7-13)12-20-18-16(2,3)10-15(19)11-17(18,4)5/h6-9,15,19H,10-12H2,1-5H3. The van der Waals surface area contributed by atoms with Crippen LogP contribution in [0.15, 0.2) is 24.3 Å². The molecule has 1 aromatic rings. The van der Waals surface area contributed by atoms with Gasteiger partial charge in [0.25, 0.3) is 0 Å². The summed E-state index contributed by atoms with van der Waals surface area (Å²) in [6, 6.07) is 8.42. The van der Waals surface area contributed by atoms with Gasteiger partial charge >= 0.3 is 0 Å². The third kappa shape index (κ3) is 3.40. The molecular weight excluding hydrogens is 250 g/mol. The number of piperidine rings is 1. The quantitative estimate of drug-likeness (QED) is 0.918. The molecule has 0 unspecified atom stereocenters. The molecule has 2 rings (SSSR count). The summed E-state index contributed by atoms with van der Waals surface area (Å²) < 4.78 is 0. The molecule has 112 valence electrons. The Morgan fingerprint density at radius 1 is 1.10 bits per heavy atom. The van der Waals surface area contributed by atoms with Gasteiger partial charge in [0, 0.05) is 11.1 Å². The van der Waals surface area contributed by atoms with Crippen LogP contribution < -0.4 is 0 Å². The van der Waals surface area contributed by atoms with E-state index in [-0.39, 0.29) is 17.2 Å². The summed E-state index contributed by atoms with van der Waals surface area (Å²) in [5, 5.41) is 12.1. The van der Waals surface area contributed by atoms with Gasteiger partial charge in [-0.15, -0.1) is 0 Å². The van der Waals surface area contributed by atoms with Crippen LogP contribution in [0.2, 0.25) is 0 Å². The first-order valence-corrected chi connectivity index (χ1v) is 7.38. The zero-order chi connectivity index (χ0) is 15.0. The maximum Gasteiger partial charge on any atom is 0.0936 e. The number of aliphatic hydroxyl groups is 1. The predicted octanol–water partition coefficient (Wildman–Crippen LogP) is 3.44. The van der Waals surface area contributed by atoms with Crippen molar-refractivity contribution in [2.75, 3.05) is 0 Å². The highest BCUT2D eigenvalue weighted by atomic mass is 16.7. The fourth-order valence-electron chi connectivity index (χ4n) is 3.38. The van der Waals surface area contributed by atoms with Gasteiger partial charge in [0.2, 0.25) is 0 Å². The van der Waals surface area contributed by atoms with Crippen molar-refractivity contribution >= 4 is 0 Å². The highest BCUT2D eigenvalue weighted by molar-refractivity contribution is 5.20. The smallest absolute Gasteiger partial charge is 0.0936 e. The molecule has 1 N–H and O–H groups in total. The Balaban J connectivity index is 2.08. The van der Waals surface area contributed by atoms with Crippen LogP contribution in [0, 0.1) is 6.92 Å². The van der Waals surface area contributed by atoms with Crippen molar-refractivity contribution in [2.45, 2.75) is 71.2 Å². The van der Waals surface area contributed by atoms with Crippen LogP contribution in [-0.4, -0.2) is 27.4 Å². The lowest BCUT2D eigenvalue weighted by Crippen LogP contribution is -2.61. The predicted molar refractivity (Wildman–Crippen MR) is 81.2 cm³/mol. The monoisotopic (exact) mass is 277 g/mol. The second kappa shape index (κ2) is 5.47. The molecule has 0 atom stereocenters. The minimum Gasteiger partial charge on any atom is -0.393 e. The van der Waals surface area contributed by atoms with Crippen LogP contribution in [0.3, 0.4) is 0 Å². The summed E-state index contributed by atoms with van der Waals surface area (Å²) in [6.07, 6.45) is 1.23. The van der Waals surface area contributed by atoms with E-state index in [0.29, 0.717) is 6.61 Å². The van der Waals surface area contributed by atoms with Crippen molar-refractivity contribution in [3.63, 3.8) is 0 Å². The molecule has 0 radical (unpaired) electrons. The first-order chi connectivity index (χ1) is 9.21. The summed E-state index contributed by atoms with van der Waals surface area (Å²) in [5.41, 5.74) is 2.11. The van der Waals surface area contributed by atoms with Gasteiger partial charge in [0.1, 0.15) is 0 Å². The third-order valence-electron chi connectivity index (χ3n) is 4.05. The van der Waals surface area contributed by atoms with Crippen LogP contribution in [0.25, 0.3) is 0 Å². The van der Waals surface area contributed by atoms with Crippen LogP contribution >= 0.6 is 0 Å². The minimum atomic E-state index is -0.251. The fraction of sp³-hybridized carbons (Fsp3) is 0.647. The average Bonchev–Trinajstić information content (AvgIpc) is 2.28. The van der Waals surface area contributed by atoms with E-state index in [0.717, 1.165) is 12.8 Å². The molecule has 1 saturated heterocycles. The van der Waals surface area contributed by atoms with Crippen LogP contribution in [0.1, 0.15) is 51.7 Å². The van der Waals surface area contributed by atoms with Gasteiger partial charge in [-0.05, 0) is 53.0 Å². The SMILES string of the molecule is Cc1ccc(CON2C(C)(C)CC(O)CC2(C)C)cc1. The van der Waals surface area contributed by atoms with Gasteiger partial charge in [-0.3, -0.25) is 4.84 Å². The first-order valence-electron chi connectivity index (χ1n) is 7.38. The Morgan fingerprint density at radius 3 is 2.10 bits per heavy atom. The molecule has 1 fully saturated rings. The maximum absolute atomic E-state index is 10.0. The zero-order valence-corrected chi connectivity index (χ0v) is 13.3. The second-order valence-electron chi connectivity index (χ2n) is 7.24. The molecule has 20 heavy (non-hydrogen) atoms. The molecule has 1 aliphatic heterocycles. The topological polar surface area (TPSA) is 32.7 Å². The number of nitrogens with zero attached hydrogens (tertiary/aromatic N) is 1. The van der Waals surface area contributed by atoms with E-state index in [9.17, 15) is 5.11 Å². The van der Waals surface area contributed by atoms with Gasteiger partial charge in [0.05, 0.1) is 12.7 Å². The molecule has 3 heteroatoms. The van der Waals surface area contributed by atoms with Crippen molar-refractivity contribution in [1.29, 1.82) is 0 Å². The molecule has 0 saturated carbocycles. The maximum atomic E-state index is 10.0. The van der Waals surface area contributed by atoms with Gasteiger partial charge < -0.3 is 5.11 Å². The Morgan fingerprint density at radius 2 is 1.60 bits per heavy atom. The van der Waals surface area contributed by atoms with Gasteiger partial charge in [-0.2, -0.15) is 5.06 Å². The van der Waals surface area contributed by atoms with Gasteiger partial charge in [-0.1, -0.05) is 29.8 Å². The normalized spacial score (nSPS) is 22.9. The van der Waals surface area contributed by atoms with Gasteiger partial charge in [0.15, 0.2) is 0 Å². The van der Waals surface area contributed by atoms with E-state index in [2.05, 4.69) is 63.9 Å². The van der Waals surface area contributed by atoms with Crippen molar-refractivity contribution in [1.82, 2.24) is 5.06 Å². The molecule has 0 spiro atoms. The van der Waals surface area contributed by atoms with Crippen LogP contribution in [0.4, 0.5) is 0 Å². The Hall–Kier alpha value is -0.900. The van der Waals surface area contributed by atoms with Crippen LogP contribution in [0.5, 0.6) is 0 Å². The largest absolute Gasteiger partial charge is 0.393 e. The lowest BCUT2D eigenvalue weighted by Gasteiger charge is -2.52. The summed E-state index contributed by atoms with van der Waals surface area (Å²) in [6.45, 7) is 11.2. The number of hydrogen-bond donors (Lipinski definition) is 1. The van der Waals surface area contributed by atoms with E-state index in [1.54, 1.807) is 0 Å². The summed E-state index contributed by atoms with van der Waals surface area (Å²) in [4.78, 5) is 6.11. The second-order valence-corrected chi connectivity index (χ2v) is 7.24. The van der Waals surface area contributed by atoms with E-state index in [4.69, 9.17) is 4.84 Å². The number of aliphatic hydroxyl groups excluding tert-OH is 1. The van der Waals surface area contributed by atoms with Crippen molar-refractivity contribution in [2.24, 2.45) is 0 Å². The van der Waals surface area contributed by atoms with Crippen molar-refractivity contribution in [3.05, 3.63) is 35.4 Å². The fourth-order valence-corrected chi connectivity index (χ4v) is 3.38. The Bertz CT molecular complexity index is 433. The lowest BCUT2D eigenvalue weighted by atomic mass is 9.80. The molecule has 0 bridgehead atoms. The molecule has 1 aromatic carbocycles. The first kappa shape index (κ1) is 15.5. The van der Waals surface area contributed by atoms with E-state index in [1.807, 2.05) is 0 Å². The Kier molecular flexibility index (Phi) is 4.24. The Labute approximate surface area is 122 Å². The molecule has 0 aliphatic carbocycles. The third-order valence-corrected chi connectivity index (χ3v) is 4.05. The molecular formula is C17H27NO2. The number of aryl methyl sites for hydroxylation is 1. The van der Waals surface area contributed by atoms with E-state index in [1.165, 1.54) is 11.1 Å². The van der Waals surface area contributed by atoms with E-state index < -0.39 is 0 Å². The summed E-state index contributed by atoms with van der Waals surface area (Å²) >= 11 is 0. The molecule has 0 aromatic heterocycles. The molecule has 0 amide bonds. The highest BCUT2D eigenvalue weighted by Crippen LogP contribution is 2.38. The van der Waals surface area contributed by atoms with Gasteiger partial charge in [-0.25, -0.2) is 0 Å². The molecule has 1 heterocycles. The lowest BCUT2D eigenvalue weighted by molar-refractivity contribution is -0.298. The number of benzene rings is 1. The van der Waals surface area contributed by atoms with Crippen molar-refractivity contribution < 1.29 is 9.94 Å². The number of rotatable bonds is 3. The van der Waals surface area contributed by atoms with Crippen LogP contribution in [-0.2, 0) is 11.4 Å². The number of hydrogen-bond acceptors (Lipinski definition) is 3. The molecule has 3 nitrogen and oxygen atoms in total. The van der Waals surface area contributed by atoms with Crippen molar-refractivity contribution in [3.8, 4) is 0 Å². The minimum absolute atomic E-state index is 0.161.